The molecule has 1 spiro atoms. The van der Waals surface area contributed by atoms with E-state index >= 15 is 0 Å². The van der Waals surface area contributed by atoms with Gasteiger partial charge in [0.1, 0.15) is 5.82 Å². The summed E-state index contributed by atoms with van der Waals surface area (Å²) in [5, 5.41) is 0. The summed E-state index contributed by atoms with van der Waals surface area (Å²) in [4.78, 5) is 19.2. The molecule has 0 saturated carbocycles. The second kappa shape index (κ2) is 8.62. The van der Waals surface area contributed by atoms with Crippen LogP contribution in [0, 0.1) is 22.9 Å². The fraction of sp³-hybridized carbons (Fsp3) is 0.667. The lowest BCUT2D eigenvalue weighted by Crippen LogP contribution is -2.48. The zero-order valence-corrected chi connectivity index (χ0v) is 16.6. The first kappa shape index (κ1) is 20.6. The van der Waals surface area contributed by atoms with Gasteiger partial charge in [0.15, 0.2) is 11.6 Å². The zero-order valence-electron chi connectivity index (χ0n) is 16.6. The van der Waals surface area contributed by atoms with E-state index in [0.717, 1.165) is 71.7 Å². The Kier molecular flexibility index (Phi) is 6.13. The molecule has 160 valence electrons. The number of halogens is 3. The van der Waals surface area contributed by atoms with Crippen LogP contribution in [-0.4, -0.2) is 86.2 Å². The fourth-order valence-electron chi connectivity index (χ4n) is 4.91. The van der Waals surface area contributed by atoms with Crippen molar-refractivity contribution >= 4 is 5.91 Å². The predicted molar refractivity (Wildman–Crippen MR) is 102 cm³/mol. The van der Waals surface area contributed by atoms with Crippen molar-refractivity contribution in [3.05, 3.63) is 35.1 Å². The van der Waals surface area contributed by atoms with Gasteiger partial charge in [0.25, 0.3) is 5.91 Å². The van der Waals surface area contributed by atoms with Gasteiger partial charge >= 0.3 is 0 Å². The standard InChI is InChI=1S/C21H28F3N3O2/c22-17-13-19(24)18(23)12-16(17)20(28)27-5-3-21(15-27)2-1-4-26(14-21)7-6-25-8-10-29-11-9-25/h12-13H,1-11,14-15H2. The number of amides is 1. The number of benzene rings is 1. The Balaban J connectivity index is 1.36. The van der Waals surface area contributed by atoms with Gasteiger partial charge in [0, 0.05) is 57.3 Å². The van der Waals surface area contributed by atoms with Crippen LogP contribution in [0.15, 0.2) is 12.1 Å². The van der Waals surface area contributed by atoms with Crippen molar-refractivity contribution in [1.29, 1.82) is 0 Å². The second-order valence-electron chi connectivity index (χ2n) is 8.56. The number of carbonyl (C=O) groups excluding carboxylic acids is 1. The first-order valence-electron chi connectivity index (χ1n) is 10.4. The number of piperidine rings is 1. The summed E-state index contributed by atoms with van der Waals surface area (Å²) < 4.78 is 46.1. The summed E-state index contributed by atoms with van der Waals surface area (Å²) in [6.45, 7) is 8.58. The Bertz CT molecular complexity index is 757. The smallest absolute Gasteiger partial charge is 0.256 e. The lowest BCUT2D eigenvalue weighted by Gasteiger charge is -2.41. The monoisotopic (exact) mass is 411 g/mol. The van der Waals surface area contributed by atoms with Crippen molar-refractivity contribution in [2.75, 3.05) is 65.6 Å². The third-order valence-electron chi connectivity index (χ3n) is 6.54. The molecule has 1 amide bonds. The van der Waals surface area contributed by atoms with Crippen molar-refractivity contribution < 1.29 is 22.7 Å². The van der Waals surface area contributed by atoms with Gasteiger partial charge in [-0.15, -0.1) is 0 Å². The molecular formula is C21H28F3N3O2. The first-order chi connectivity index (χ1) is 14.0. The number of nitrogens with zero attached hydrogens (tertiary/aromatic N) is 3. The van der Waals surface area contributed by atoms with Crippen LogP contribution in [0.3, 0.4) is 0 Å². The molecule has 3 saturated heterocycles. The number of likely N-dealkylation sites (tertiary alicyclic amines) is 2. The maximum atomic E-state index is 14.0. The average molecular weight is 411 g/mol. The van der Waals surface area contributed by atoms with E-state index in [-0.39, 0.29) is 11.0 Å². The Morgan fingerprint density at radius 3 is 2.41 bits per heavy atom. The molecule has 3 fully saturated rings. The molecule has 3 heterocycles. The molecule has 4 rings (SSSR count). The molecule has 0 bridgehead atoms. The van der Waals surface area contributed by atoms with Crippen molar-refractivity contribution in [2.45, 2.75) is 19.3 Å². The Morgan fingerprint density at radius 1 is 0.897 bits per heavy atom. The van der Waals surface area contributed by atoms with Crippen LogP contribution in [0.25, 0.3) is 0 Å². The Hall–Kier alpha value is -1.64. The summed E-state index contributed by atoms with van der Waals surface area (Å²) >= 11 is 0. The highest BCUT2D eigenvalue weighted by Gasteiger charge is 2.43. The number of carbonyl (C=O) groups is 1. The lowest BCUT2D eigenvalue weighted by atomic mass is 9.79. The molecular weight excluding hydrogens is 383 g/mol. The van der Waals surface area contributed by atoms with E-state index in [0.29, 0.717) is 25.2 Å². The fourth-order valence-corrected chi connectivity index (χ4v) is 4.91. The van der Waals surface area contributed by atoms with Gasteiger partial charge in [0.05, 0.1) is 18.8 Å². The molecule has 0 aromatic heterocycles. The predicted octanol–water partition coefficient (Wildman–Crippen LogP) is 2.36. The number of ether oxygens (including phenoxy) is 1. The quantitative estimate of drug-likeness (QED) is 0.713. The molecule has 0 aliphatic carbocycles. The van der Waals surface area contributed by atoms with E-state index in [4.69, 9.17) is 4.74 Å². The normalized spacial score (nSPS) is 26.4. The minimum atomic E-state index is -1.28. The Morgan fingerprint density at radius 2 is 1.62 bits per heavy atom. The van der Waals surface area contributed by atoms with E-state index in [1.807, 2.05) is 0 Å². The van der Waals surface area contributed by atoms with Crippen LogP contribution in [0.1, 0.15) is 29.6 Å². The van der Waals surface area contributed by atoms with Gasteiger partial charge in [-0.25, -0.2) is 13.2 Å². The topological polar surface area (TPSA) is 36.0 Å². The van der Waals surface area contributed by atoms with Crippen LogP contribution in [0.5, 0.6) is 0 Å². The molecule has 1 aromatic rings. The third kappa shape index (κ3) is 4.59. The van der Waals surface area contributed by atoms with Crippen molar-refractivity contribution in [3.8, 4) is 0 Å². The van der Waals surface area contributed by atoms with Crippen molar-refractivity contribution in [1.82, 2.24) is 14.7 Å². The first-order valence-corrected chi connectivity index (χ1v) is 10.4. The highest BCUT2D eigenvalue weighted by Crippen LogP contribution is 2.39. The number of rotatable bonds is 4. The molecule has 0 radical (unpaired) electrons. The van der Waals surface area contributed by atoms with Crippen LogP contribution >= 0.6 is 0 Å². The van der Waals surface area contributed by atoms with Crippen molar-refractivity contribution in [3.63, 3.8) is 0 Å². The highest BCUT2D eigenvalue weighted by atomic mass is 19.2. The molecule has 1 aromatic carbocycles. The highest BCUT2D eigenvalue weighted by molar-refractivity contribution is 5.94. The molecule has 0 N–H and O–H groups in total. The van der Waals surface area contributed by atoms with Gasteiger partial charge in [-0.1, -0.05) is 0 Å². The summed E-state index contributed by atoms with van der Waals surface area (Å²) in [6, 6.07) is 1.12. The maximum Gasteiger partial charge on any atom is 0.256 e. The van der Waals surface area contributed by atoms with Gasteiger partial charge < -0.3 is 14.5 Å². The van der Waals surface area contributed by atoms with Crippen LogP contribution in [0.4, 0.5) is 13.2 Å². The third-order valence-corrected chi connectivity index (χ3v) is 6.54. The average Bonchev–Trinajstić information content (AvgIpc) is 3.12. The van der Waals surface area contributed by atoms with Gasteiger partial charge in [-0.2, -0.15) is 0 Å². The zero-order chi connectivity index (χ0) is 20.4. The minimum absolute atomic E-state index is 0.00791. The molecule has 8 heteroatoms. The molecule has 1 atom stereocenters. The second-order valence-corrected chi connectivity index (χ2v) is 8.56. The minimum Gasteiger partial charge on any atom is -0.379 e. The summed E-state index contributed by atoms with van der Waals surface area (Å²) in [7, 11) is 0. The van der Waals surface area contributed by atoms with E-state index < -0.39 is 23.4 Å². The van der Waals surface area contributed by atoms with Gasteiger partial charge in [0.2, 0.25) is 0 Å². The summed E-state index contributed by atoms with van der Waals surface area (Å²) in [5.74, 6) is -4.04. The Labute approximate surface area is 169 Å². The van der Waals surface area contributed by atoms with E-state index in [1.165, 1.54) is 0 Å². The summed E-state index contributed by atoms with van der Waals surface area (Å²) in [6.07, 6.45) is 2.97. The molecule has 3 aliphatic heterocycles. The lowest BCUT2D eigenvalue weighted by molar-refractivity contribution is 0.0255. The maximum absolute atomic E-state index is 14.0. The summed E-state index contributed by atoms with van der Waals surface area (Å²) in [5.41, 5.74) is -0.380. The van der Waals surface area contributed by atoms with Crippen LogP contribution in [0.2, 0.25) is 0 Å². The SMILES string of the molecule is O=C(c1cc(F)c(F)cc1F)N1CCC2(CCCN(CCN3CCOCC3)C2)C1. The number of hydrogen-bond donors (Lipinski definition) is 0. The van der Waals surface area contributed by atoms with Gasteiger partial charge in [-0.05, 0) is 31.9 Å². The molecule has 1 unspecified atom stereocenters. The van der Waals surface area contributed by atoms with Crippen LogP contribution < -0.4 is 0 Å². The van der Waals surface area contributed by atoms with Gasteiger partial charge in [-0.3, -0.25) is 9.69 Å². The molecule has 3 aliphatic rings. The van der Waals surface area contributed by atoms with E-state index in [1.54, 1.807) is 4.90 Å². The number of morpholine rings is 1. The molecule has 29 heavy (non-hydrogen) atoms. The van der Waals surface area contributed by atoms with E-state index in [9.17, 15) is 18.0 Å². The van der Waals surface area contributed by atoms with E-state index in [2.05, 4.69) is 9.80 Å². The van der Waals surface area contributed by atoms with Crippen LogP contribution in [-0.2, 0) is 4.74 Å². The number of hydrogen-bond acceptors (Lipinski definition) is 4. The van der Waals surface area contributed by atoms with Crippen molar-refractivity contribution in [2.24, 2.45) is 5.41 Å². The largest absolute Gasteiger partial charge is 0.379 e. The molecule has 5 nitrogen and oxygen atoms in total.